The van der Waals surface area contributed by atoms with E-state index >= 15 is 0 Å². The lowest BCUT2D eigenvalue weighted by Crippen LogP contribution is -2.15. The van der Waals surface area contributed by atoms with E-state index in [0.29, 0.717) is 45.3 Å². The zero-order chi connectivity index (χ0) is 15.8. The number of benzene rings is 2. The first kappa shape index (κ1) is 14.4. The van der Waals surface area contributed by atoms with E-state index in [0.717, 1.165) is 5.39 Å². The molecule has 0 fully saturated rings. The van der Waals surface area contributed by atoms with Crippen LogP contribution >= 0.6 is 22.6 Å². The van der Waals surface area contributed by atoms with Gasteiger partial charge >= 0.3 is 0 Å². The maximum atomic E-state index is 14.2. The number of nitrogens with one attached hydrogen (secondary N) is 1. The lowest BCUT2D eigenvalue weighted by molar-refractivity contribution is 0.172. The molecule has 23 heavy (non-hydrogen) atoms. The van der Waals surface area contributed by atoms with Gasteiger partial charge in [-0.15, -0.1) is 0 Å². The number of hydrogen-bond donors (Lipinski definition) is 1. The zero-order valence-electron chi connectivity index (χ0n) is 11.8. The zero-order valence-corrected chi connectivity index (χ0v) is 14.0. The molecule has 116 valence electrons. The van der Waals surface area contributed by atoms with E-state index in [1.54, 1.807) is 18.2 Å². The average molecular weight is 423 g/mol. The van der Waals surface area contributed by atoms with Gasteiger partial charge in [-0.3, -0.25) is 0 Å². The monoisotopic (exact) mass is 423 g/mol. The Morgan fingerprint density at radius 2 is 1.87 bits per heavy atom. The van der Waals surface area contributed by atoms with Crippen LogP contribution in [0.15, 0.2) is 36.7 Å². The van der Waals surface area contributed by atoms with Crippen LogP contribution < -0.4 is 14.8 Å². The Morgan fingerprint density at radius 1 is 1.09 bits per heavy atom. The van der Waals surface area contributed by atoms with Gasteiger partial charge in [0.15, 0.2) is 17.3 Å². The van der Waals surface area contributed by atoms with Crippen molar-refractivity contribution in [3.8, 4) is 11.5 Å². The molecule has 2 aromatic carbocycles. The number of halogens is 2. The second-order valence-electron chi connectivity index (χ2n) is 4.96. The van der Waals surface area contributed by atoms with Crippen LogP contribution in [0.25, 0.3) is 10.9 Å². The van der Waals surface area contributed by atoms with Gasteiger partial charge in [-0.2, -0.15) is 0 Å². The molecule has 4 rings (SSSR count). The summed E-state index contributed by atoms with van der Waals surface area (Å²) < 4.78 is 25.9. The SMILES string of the molecule is Fc1c(I)cccc1Nc1ncnc2cc3c(cc12)OCCO3. The van der Waals surface area contributed by atoms with E-state index in [2.05, 4.69) is 15.3 Å². The van der Waals surface area contributed by atoms with Crippen molar-refractivity contribution in [3.05, 3.63) is 46.0 Å². The van der Waals surface area contributed by atoms with Gasteiger partial charge in [0.25, 0.3) is 0 Å². The van der Waals surface area contributed by atoms with Gasteiger partial charge in [-0.25, -0.2) is 14.4 Å². The normalized spacial score (nSPS) is 13.1. The molecular weight excluding hydrogens is 412 g/mol. The minimum absolute atomic E-state index is 0.308. The van der Waals surface area contributed by atoms with Crippen LogP contribution in [-0.2, 0) is 0 Å². The summed E-state index contributed by atoms with van der Waals surface area (Å²) in [5, 5.41) is 3.78. The van der Waals surface area contributed by atoms with Crippen LogP contribution in [0.1, 0.15) is 0 Å². The number of fused-ring (bicyclic) bond motifs is 2. The van der Waals surface area contributed by atoms with Crippen LogP contribution in [0.5, 0.6) is 11.5 Å². The van der Waals surface area contributed by atoms with Crippen molar-refractivity contribution in [2.75, 3.05) is 18.5 Å². The van der Waals surface area contributed by atoms with Crippen LogP contribution in [0.2, 0.25) is 0 Å². The summed E-state index contributed by atoms with van der Waals surface area (Å²) in [4.78, 5) is 8.48. The first-order valence-corrected chi connectivity index (χ1v) is 8.05. The molecule has 0 unspecified atom stereocenters. The van der Waals surface area contributed by atoms with Crippen molar-refractivity contribution >= 4 is 45.0 Å². The highest BCUT2D eigenvalue weighted by atomic mass is 127. The number of nitrogens with zero attached hydrogens (tertiary/aromatic N) is 2. The summed E-state index contributed by atoms with van der Waals surface area (Å²) in [7, 11) is 0. The molecule has 0 bridgehead atoms. The molecule has 7 heteroatoms. The molecule has 2 heterocycles. The highest BCUT2D eigenvalue weighted by Gasteiger charge is 2.16. The quantitative estimate of drug-likeness (QED) is 0.635. The van der Waals surface area contributed by atoms with Crippen molar-refractivity contribution in [1.29, 1.82) is 0 Å². The second-order valence-corrected chi connectivity index (χ2v) is 6.12. The Kier molecular flexibility index (Phi) is 3.64. The standard InChI is InChI=1S/C16H11FIN3O2/c17-15-10(18)2-1-3-11(15)21-16-9-6-13-14(23-5-4-22-13)7-12(9)19-8-20-16/h1-3,6-8H,4-5H2,(H,19,20,21). The molecule has 1 aliphatic rings. The van der Waals surface area contributed by atoms with Crippen molar-refractivity contribution in [1.82, 2.24) is 9.97 Å². The molecule has 3 aromatic rings. The maximum absolute atomic E-state index is 14.2. The summed E-state index contributed by atoms with van der Waals surface area (Å²) in [6.07, 6.45) is 1.44. The largest absolute Gasteiger partial charge is 0.486 e. The smallest absolute Gasteiger partial charge is 0.163 e. The summed E-state index contributed by atoms with van der Waals surface area (Å²) in [6.45, 7) is 1.02. The predicted octanol–water partition coefficient (Wildman–Crippen LogP) is 3.89. The number of anilines is 2. The summed E-state index contributed by atoms with van der Waals surface area (Å²) in [5.41, 5.74) is 1.07. The fourth-order valence-electron chi connectivity index (χ4n) is 2.42. The molecule has 0 radical (unpaired) electrons. The Bertz CT molecular complexity index is 904. The number of rotatable bonds is 2. The van der Waals surface area contributed by atoms with Crippen molar-refractivity contribution < 1.29 is 13.9 Å². The van der Waals surface area contributed by atoms with Crippen molar-refractivity contribution in [3.63, 3.8) is 0 Å². The van der Waals surface area contributed by atoms with Crippen LogP contribution in [0.4, 0.5) is 15.9 Å². The van der Waals surface area contributed by atoms with Gasteiger partial charge < -0.3 is 14.8 Å². The van der Waals surface area contributed by atoms with E-state index < -0.39 is 0 Å². The molecule has 0 spiro atoms. The highest BCUT2D eigenvalue weighted by molar-refractivity contribution is 14.1. The Labute approximate surface area is 145 Å². The number of ether oxygens (including phenoxy) is 2. The van der Waals surface area contributed by atoms with Crippen LogP contribution in [-0.4, -0.2) is 23.2 Å². The lowest BCUT2D eigenvalue weighted by Gasteiger charge is -2.19. The number of hydrogen-bond acceptors (Lipinski definition) is 5. The first-order chi connectivity index (χ1) is 11.2. The van der Waals surface area contributed by atoms with Gasteiger partial charge in [0, 0.05) is 11.5 Å². The lowest BCUT2D eigenvalue weighted by atomic mass is 10.2. The third kappa shape index (κ3) is 2.65. The van der Waals surface area contributed by atoms with Crippen molar-refractivity contribution in [2.45, 2.75) is 0 Å². The molecule has 1 N–H and O–H groups in total. The fraction of sp³-hybridized carbons (Fsp3) is 0.125. The van der Waals surface area contributed by atoms with E-state index in [-0.39, 0.29) is 5.82 Å². The molecule has 0 atom stereocenters. The third-order valence-corrected chi connectivity index (χ3v) is 4.34. The van der Waals surface area contributed by atoms with Gasteiger partial charge in [-0.05, 0) is 40.8 Å². The Hall–Kier alpha value is -2.16. The third-order valence-electron chi connectivity index (χ3n) is 3.50. The van der Waals surface area contributed by atoms with Gasteiger partial charge in [0.1, 0.15) is 25.4 Å². The average Bonchev–Trinajstić information content (AvgIpc) is 2.57. The topological polar surface area (TPSA) is 56.3 Å². The minimum Gasteiger partial charge on any atom is -0.486 e. The Balaban J connectivity index is 1.82. The predicted molar refractivity (Wildman–Crippen MR) is 92.9 cm³/mol. The molecule has 1 aromatic heterocycles. The minimum atomic E-state index is -0.308. The highest BCUT2D eigenvalue weighted by Crippen LogP contribution is 2.36. The van der Waals surface area contributed by atoms with Gasteiger partial charge in [-0.1, -0.05) is 6.07 Å². The molecule has 0 aliphatic carbocycles. The van der Waals surface area contributed by atoms with E-state index in [9.17, 15) is 4.39 Å². The van der Waals surface area contributed by atoms with Crippen LogP contribution in [0, 0.1) is 9.39 Å². The van der Waals surface area contributed by atoms with E-state index in [1.165, 1.54) is 6.33 Å². The summed E-state index contributed by atoms with van der Waals surface area (Å²) >= 11 is 1.95. The first-order valence-electron chi connectivity index (χ1n) is 6.98. The second kappa shape index (κ2) is 5.80. The fourth-order valence-corrected chi connectivity index (χ4v) is 2.92. The molecule has 0 amide bonds. The number of aromatic nitrogens is 2. The Morgan fingerprint density at radius 3 is 2.70 bits per heavy atom. The van der Waals surface area contributed by atoms with Crippen LogP contribution in [0.3, 0.4) is 0 Å². The maximum Gasteiger partial charge on any atom is 0.163 e. The van der Waals surface area contributed by atoms with Gasteiger partial charge in [0.05, 0.1) is 14.8 Å². The van der Waals surface area contributed by atoms with Gasteiger partial charge in [0.2, 0.25) is 0 Å². The molecular formula is C16H11FIN3O2. The summed E-state index contributed by atoms with van der Waals surface area (Å²) in [6, 6.07) is 8.79. The van der Waals surface area contributed by atoms with E-state index in [1.807, 2.05) is 34.7 Å². The summed E-state index contributed by atoms with van der Waals surface area (Å²) in [5.74, 6) is 1.52. The molecule has 5 nitrogen and oxygen atoms in total. The molecule has 1 aliphatic heterocycles. The van der Waals surface area contributed by atoms with E-state index in [4.69, 9.17) is 9.47 Å². The molecule has 0 saturated heterocycles. The molecule has 0 saturated carbocycles. The van der Waals surface area contributed by atoms with Crippen molar-refractivity contribution in [2.24, 2.45) is 0 Å².